The van der Waals surface area contributed by atoms with Crippen molar-refractivity contribution >= 4 is 17.5 Å². The number of rotatable bonds is 4. The van der Waals surface area contributed by atoms with Gasteiger partial charge in [-0.2, -0.15) is 0 Å². The van der Waals surface area contributed by atoms with Gasteiger partial charge in [-0.15, -0.1) is 11.6 Å². The highest BCUT2D eigenvalue weighted by Crippen LogP contribution is 2.36. The molecular formula is C13H16ClNO. The van der Waals surface area contributed by atoms with Crippen LogP contribution in [0.1, 0.15) is 29.3 Å². The molecule has 0 spiro atoms. The van der Waals surface area contributed by atoms with Gasteiger partial charge in [0.1, 0.15) is 0 Å². The van der Waals surface area contributed by atoms with Crippen LogP contribution in [0.25, 0.3) is 0 Å². The lowest BCUT2D eigenvalue weighted by atomic mass is 10.1. The van der Waals surface area contributed by atoms with E-state index in [1.165, 1.54) is 6.42 Å². The number of carbonyl (C=O) groups is 1. The summed E-state index contributed by atoms with van der Waals surface area (Å²) in [4.78, 5) is 11.7. The molecular weight excluding hydrogens is 222 g/mol. The summed E-state index contributed by atoms with van der Waals surface area (Å²) >= 11 is 5.69. The first kappa shape index (κ1) is 11.5. The zero-order chi connectivity index (χ0) is 11.5. The highest BCUT2D eigenvalue weighted by molar-refractivity contribution is 6.17. The molecule has 3 heteroatoms. The summed E-state index contributed by atoms with van der Waals surface area (Å²) in [6, 6.07) is 7.43. The SMILES string of the molecule is CC1CC1CNC(=O)c1ccc(CCl)cc1. The molecule has 0 heterocycles. The fourth-order valence-electron chi connectivity index (χ4n) is 1.75. The smallest absolute Gasteiger partial charge is 0.251 e. The third-order valence-electron chi connectivity index (χ3n) is 3.17. The second kappa shape index (κ2) is 4.88. The second-order valence-corrected chi connectivity index (χ2v) is 4.78. The fourth-order valence-corrected chi connectivity index (χ4v) is 1.93. The number of amides is 1. The number of hydrogen-bond donors (Lipinski definition) is 1. The molecule has 16 heavy (non-hydrogen) atoms. The molecule has 0 aliphatic heterocycles. The van der Waals surface area contributed by atoms with Crippen LogP contribution in [-0.2, 0) is 5.88 Å². The van der Waals surface area contributed by atoms with Gasteiger partial charge in [0.15, 0.2) is 0 Å². The van der Waals surface area contributed by atoms with E-state index in [0.29, 0.717) is 17.4 Å². The summed E-state index contributed by atoms with van der Waals surface area (Å²) in [5.41, 5.74) is 1.75. The molecule has 86 valence electrons. The van der Waals surface area contributed by atoms with Crippen molar-refractivity contribution in [3.8, 4) is 0 Å². The Hall–Kier alpha value is -1.02. The van der Waals surface area contributed by atoms with Crippen molar-refractivity contribution in [2.45, 2.75) is 19.2 Å². The summed E-state index contributed by atoms with van der Waals surface area (Å²) < 4.78 is 0. The first-order valence-electron chi connectivity index (χ1n) is 5.64. The molecule has 2 rings (SSSR count). The predicted octanol–water partition coefficient (Wildman–Crippen LogP) is 2.81. The van der Waals surface area contributed by atoms with Crippen LogP contribution in [0.4, 0.5) is 0 Å². The van der Waals surface area contributed by atoms with Gasteiger partial charge < -0.3 is 5.32 Å². The maximum Gasteiger partial charge on any atom is 0.251 e. The number of alkyl halides is 1. The molecule has 1 aliphatic carbocycles. The number of nitrogens with one attached hydrogen (secondary N) is 1. The van der Waals surface area contributed by atoms with E-state index in [1.807, 2.05) is 24.3 Å². The lowest BCUT2D eigenvalue weighted by molar-refractivity contribution is 0.0951. The Morgan fingerprint density at radius 3 is 2.56 bits per heavy atom. The van der Waals surface area contributed by atoms with E-state index < -0.39 is 0 Å². The summed E-state index contributed by atoms with van der Waals surface area (Å²) in [5.74, 6) is 1.96. The third-order valence-corrected chi connectivity index (χ3v) is 3.48. The van der Waals surface area contributed by atoms with Crippen LogP contribution in [0.15, 0.2) is 24.3 Å². The van der Waals surface area contributed by atoms with Crippen LogP contribution in [0.3, 0.4) is 0 Å². The molecule has 2 atom stereocenters. The van der Waals surface area contributed by atoms with Crippen molar-refractivity contribution in [3.63, 3.8) is 0 Å². The molecule has 1 aromatic carbocycles. The lowest BCUT2D eigenvalue weighted by Gasteiger charge is -2.04. The molecule has 1 saturated carbocycles. The molecule has 1 aliphatic rings. The Labute approximate surface area is 101 Å². The van der Waals surface area contributed by atoms with E-state index in [0.717, 1.165) is 18.0 Å². The molecule has 1 N–H and O–H groups in total. The third kappa shape index (κ3) is 2.76. The predicted molar refractivity (Wildman–Crippen MR) is 65.6 cm³/mol. The average Bonchev–Trinajstić information content (AvgIpc) is 3.02. The molecule has 1 amide bonds. The topological polar surface area (TPSA) is 29.1 Å². The Morgan fingerprint density at radius 1 is 1.44 bits per heavy atom. The normalized spacial score (nSPS) is 22.9. The summed E-state index contributed by atoms with van der Waals surface area (Å²) in [6.07, 6.45) is 1.24. The van der Waals surface area contributed by atoms with Crippen LogP contribution in [0.2, 0.25) is 0 Å². The van der Waals surface area contributed by atoms with E-state index >= 15 is 0 Å². The molecule has 2 nitrogen and oxygen atoms in total. The minimum atomic E-state index is 0.0141. The van der Waals surface area contributed by atoms with Crippen molar-refractivity contribution in [2.75, 3.05) is 6.54 Å². The Balaban J connectivity index is 1.87. The minimum absolute atomic E-state index is 0.0141. The van der Waals surface area contributed by atoms with Gasteiger partial charge in [0, 0.05) is 18.0 Å². The number of hydrogen-bond acceptors (Lipinski definition) is 1. The maximum absolute atomic E-state index is 11.7. The summed E-state index contributed by atoms with van der Waals surface area (Å²) in [5, 5.41) is 2.96. The van der Waals surface area contributed by atoms with Gasteiger partial charge in [-0.05, 0) is 36.0 Å². The van der Waals surface area contributed by atoms with Crippen molar-refractivity contribution in [3.05, 3.63) is 35.4 Å². The van der Waals surface area contributed by atoms with Crippen molar-refractivity contribution in [2.24, 2.45) is 11.8 Å². The average molecular weight is 238 g/mol. The van der Waals surface area contributed by atoms with E-state index in [-0.39, 0.29) is 5.91 Å². The zero-order valence-electron chi connectivity index (χ0n) is 9.37. The highest BCUT2D eigenvalue weighted by atomic mass is 35.5. The van der Waals surface area contributed by atoms with Gasteiger partial charge in [0.25, 0.3) is 5.91 Å². The van der Waals surface area contributed by atoms with Gasteiger partial charge in [-0.3, -0.25) is 4.79 Å². The highest BCUT2D eigenvalue weighted by Gasteiger charge is 2.32. The van der Waals surface area contributed by atoms with E-state index in [2.05, 4.69) is 12.2 Å². The molecule has 0 bridgehead atoms. The number of halogens is 1. The van der Waals surface area contributed by atoms with Crippen molar-refractivity contribution in [1.82, 2.24) is 5.32 Å². The summed E-state index contributed by atoms with van der Waals surface area (Å²) in [6.45, 7) is 3.02. The first-order valence-corrected chi connectivity index (χ1v) is 6.17. The molecule has 1 aromatic rings. The van der Waals surface area contributed by atoms with Crippen LogP contribution in [-0.4, -0.2) is 12.5 Å². The fraction of sp³-hybridized carbons (Fsp3) is 0.462. The molecule has 0 radical (unpaired) electrons. The standard InChI is InChI=1S/C13H16ClNO/c1-9-6-12(9)8-15-13(16)11-4-2-10(7-14)3-5-11/h2-5,9,12H,6-8H2,1H3,(H,15,16). The van der Waals surface area contributed by atoms with Crippen LogP contribution < -0.4 is 5.32 Å². The van der Waals surface area contributed by atoms with Gasteiger partial charge >= 0.3 is 0 Å². The van der Waals surface area contributed by atoms with E-state index in [9.17, 15) is 4.79 Å². The van der Waals surface area contributed by atoms with Crippen LogP contribution in [0, 0.1) is 11.8 Å². The van der Waals surface area contributed by atoms with Gasteiger partial charge in [0.05, 0.1) is 0 Å². The molecule has 1 fully saturated rings. The summed E-state index contributed by atoms with van der Waals surface area (Å²) in [7, 11) is 0. The number of carbonyl (C=O) groups excluding carboxylic acids is 1. The van der Waals surface area contributed by atoms with Gasteiger partial charge in [-0.1, -0.05) is 19.1 Å². The first-order chi connectivity index (χ1) is 7.70. The minimum Gasteiger partial charge on any atom is -0.352 e. The lowest BCUT2D eigenvalue weighted by Crippen LogP contribution is -2.25. The quantitative estimate of drug-likeness (QED) is 0.802. The van der Waals surface area contributed by atoms with Crippen LogP contribution >= 0.6 is 11.6 Å². The molecule has 0 saturated heterocycles. The molecule has 0 aromatic heterocycles. The second-order valence-electron chi connectivity index (χ2n) is 4.51. The Bertz CT molecular complexity index is 374. The van der Waals surface area contributed by atoms with Gasteiger partial charge in [0.2, 0.25) is 0 Å². The number of benzene rings is 1. The van der Waals surface area contributed by atoms with Crippen molar-refractivity contribution < 1.29 is 4.79 Å². The van der Waals surface area contributed by atoms with E-state index in [1.54, 1.807) is 0 Å². The molecule has 2 unspecified atom stereocenters. The zero-order valence-corrected chi connectivity index (χ0v) is 10.1. The monoisotopic (exact) mass is 237 g/mol. The van der Waals surface area contributed by atoms with Crippen molar-refractivity contribution in [1.29, 1.82) is 0 Å². The Morgan fingerprint density at radius 2 is 2.06 bits per heavy atom. The Kier molecular flexibility index (Phi) is 3.49. The van der Waals surface area contributed by atoms with E-state index in [4.69, 9.17) is 11.6 Å². The van der Waals surface area contributed by atoms with Crippen LogP contribution in [0.5, 0.6) is 0 Å². The largest absolute Gasteiger partial charge is 0.352 e. The van der Waals surface area contributed by atoms with Gasteiger partial charge in [-0.25, -0.2) is 0 Å². The maximum atomic E-state index is 11.7.